The number of anilines is 2. The number of hydrogen-bond donors (Lipinski definition) is 2. The fourth-order valence-electron chi connectivity index (χ4n) is 2.30. The van der Waals surface area contributed by atoms with Gasteiger partial charge in [-0.25, -0.2) is 0 Å². The van der Waals surface area contributed by atoms with Crippen LogP contribution in [0.4, 0.5) is 11.4 Å². The van der Waals surface area contributed by atoms with Gasteiger partial charge >= 0.3 is 0 Å². The van der Waals surface area contributed by atoms with Gasteiger partial charge in [0.05, 0.1) is 28.4 Å². The number of halogens is 2. The molecule has 2 amide bonds. The summed E-state index contributed by atoms with van der Waals surface area (Å²) in [4.78, 5) is 25.2. The third-order valence-electron chi connectivity index (χ3n) is 3.64. The highest BCUT2D eigenvalue weighted by molar-refractivity contribution is 7.12. The molecule has 5 nitrogen and oxygen atoms in total. The molecule has 0 atom stereocenters. The number of ether oxygens (including phenoxy) is 1. The number of hydrogen-bond acceptors (Lipinski definition) is 4. The summed E-state index contributed by atoms with van der Waals surface area (Å²) in [5, 5.41) is 8.10. The SMILES string of the molecule is COc1cc(NC(=O)c2ccc(Cl)cc2)c(Cl)cc1NC(=O)c1cccs1. The van der Waals surface area contributed by atoms with Crippen molar-refractivity contribution in [3.63, 3.8) is 0 Å². The largest absolute Gasteiger partial charge is 0.494 e. The maximum atomic E-state index is 12.4. The van der Waals surface area contributed by atoms with Crippen molar-refractivity contribution in [3.8, 4) is 5.75 Å². The second kappa shape index (κ2) is 8.43. The Morgan fingerprint density at radius 3 is 2.30 bits per heavy atom. The first-order valence-corrected chi connectivity index (χ1v) is 9.41. The van der Waals surface area contributed by atoms with E-state index >= 15 is 0 Å². The number of benzene rings is 2. The third-order valence-corrected chi connectivity index (χ3v) is 5.07. The smallest absolute Gasteiger partial charge is 0.265 e. The summed E-state index contributed by atoms with van der Waals surface area (Å²) in [6.07, 6.45) is 0. The number of carbonyl (C=O) groups excluding carboxylic acids is 2. The molecule has 0 aliphatic carbocycles. The van der Waals surface area contributed by atoms with Crippen molar-refractivity contribution in [2.45, 2.75) is 0 Å². The van der Waals surface area contributed by atoms with Crippen molar-refractivity contribution in [2.75, 3.05) is 17.7 Å². The highest BCUT2D eigenvalue weighted by Gasteiger charge is 2.16. The van der Waals surface area contributed by atoms with Crippen LogP contribution in [0, 0.1) is 0 Å². The molecular formula is C19H14Cl2N2O3S. The minimum Gasteiger partial charge on any atom is -0.494 e. The first-order valence-electron chi connectivity index (χ1n) is 7.77. The molecule has 0 aliphatic heterocycles. The standard InChI is InChI=1S/C19H14Cl2N2O3S/c1-26-16-10-14(22-18(24)11-4-6-12(20)7-5-11)13(21)9-15(16)23-19(25)17-3-2-8-27-17/h2-10H,1H3,(H,22,24)(H,23,25). The van der Waals surface area contributed by atoms with Crippen LogP contribution >= 0.6 is 34.5 Å². The van der Waals surface area contributed by atoms with Crippen LogP contribution in [-0.2, 0) is 0 Å². The lowest BCUT2D eigenvalue weighted by Gasteiger charge is -2.14. The molecule has 27 heavy (non-hydrogen) atoms. The fraction of sp³-hybridized carbons (Fsp3) is 0.0526. The molecule has 0 spiro atoms. The summed E-state index contributed by atoms with van der Waals surface area (Å²) in [6, 6.07) is 13.1. The quantitative estimate of drug-likeness (QED) is 0.566. The Morgan fingerprint density at radius 1 is 0.963 bits per heavy atom. The predicted octanol–water partition coefficient (Wildman–Crippen LogP) is 5.57. The minimum absolute atomic E-state index is 0.264. The lowest BCUT2D eigenvalue weighted by Crippen LogP contribution is -2.14. The zero-order chi connectivity index (χ0) is 19.4. The molecule has 0 saturated heterocycles. The minimum atomic E-state index is -0.342. The van der Waals surface area contributed by atoms with Gasteiger partial charge in [-0.2, -0.15) is 0 Å². The van der Waals surface area contributed by atoms with E-state index in [0.29, 0.717) is 32.6 Å². The van der Waals surface area contributed by atoms with Gasteiger partial charge < -0.3 is 15.4 Å². The van der Waals surface area contributed by atoms with E-state index in [0.717, 1.165) is 0 Å². The maximum Gasteiger partial charge on any atom is 0.265 e. The molecule has 0 aliphatic rings. The summed E-state index contributed by atoms with van der Waals surface area (Å²) >= 11 is 13.4. The van der Waals surface area contributed by atoms with Crippen LogP contribution in [0.3, 0.4) is 0 Å². The van der Waals surface area contributed by atoms with Crippen molar-refractivity contribution in [3.05, 3.63) is 74.4 Å². The molecule has 3 aromatic rings. The van der Waals surface area contributed by atoms with Gasteiger partial charge in [-0.15, -0.1) is 11.3 Å². The Hall–Kier alpha value is -2.54. The number of carbonyl (C=O) groups is 2. The number of thiophene rings is 1. The van der Waals surface area contributed by atoms with Crippen LogP contribution in [0.15, 0.2) is 53.9 Å². The summed E-state index contributed by atoms with van der Waals surface area (Å²) in [7, 11) is 1.47. The van der Waals surface area contributed by atoms with Gasteiger partial charge in [-0.05, 0) is 41.8 Å². The molecule has 2 N–H and O–H groups in total. The molecule has 1 heterocycles. The summed E-state index contributed by atoms with van der Waals surface area (Å²) < 4.78 is 5.32. The van der Waals surface area contributed by atoms with Gasteiger partial charge in [0.1, 0.15) is 5.75 Å². The van der Waals surface area contributed by atoms with Gasteiger partial charge in [-0.3, -0.25) is 9.59 Å². The van der Waals surface area contributed by atoms with Gasteiger partial charge in [0.2, 0.25) is 0 Å². The van der Waals surface area contributed by atoms with Crippen molar-refractivity contribution < 1.29 is 14.3 Å². The summed E-state index contributed by atoms with van der Waals surface area (Å²) in [5.74, 6) is -0.237. The second-order valence-electron chi connectivity index (χ2n) is 5.42. The lowest BCUT2D eigenvalue weighted by molar-refractivity contribution is 0.102. The fourth-order valence-corrected chi connectivity index (χ4v) is 3.26. The Labute approximate surface area is 169 Å². The molecule has 0 saturated carbocycles. The Balaban J connectivity index is 1.82. The molecule has 1 aromatic heterocycles. The van der Waals surface area contributed by atoms with Crippen LogP contribution in [0.5, 0.6) is 5.75 Å². The second-order valence-corrected chi connectivity index (χ2v) is 7.22. The maximum absolute atomic E-state index is 12.4. The average Bonchev–Trinajstić information content (AvgIpc) is 3.19. The number of rotatable bonds is 5. The first kappa shape index (κ1) is 19.2. The Morgan fingerprint density at radius 2 is 1.67 bits per heavy atom. The van der Waals surface area contributed by atoms with Crippen LogP contribution in [0.25, 0.3) is 0 Å². The van der Waals surface area contributed by atoms with Gasteiger partial charge in [0, 0.05) is 16.7 Å². The van der Waals surface area contributed by atoms with Crippen LogP contribution in [0.2, 0.25) is 10.0 Å². The molecule has 138 valence electrons. The zero-order valence-electron chi connectivity index (χ0n) is 14.1. The normalized spacial score (nSPS) is 10.3. The molecular weight excluding hydrogens is 407 g/mol. The van der Waals surface area contributed by atoms with Gasteiger partial charge in [-0.1, -0.05) is 29.3 Å². The molecule has 0 bridgehead atoms. The predicted molar refractivity (Wildman–Crippen MR) is 110 cm³/mol. The van der Waals surface area contributed by atoms with E-state index in [1.54, 1.807) is 42.5 Å². The van der Waals surface area contributed by atoms with Crippen LogP contribution < -0.4 is 15.4 Å². The third kappa shape index (κ3) is 4.60. The van der Waals surface area contributed by atoms with Crippen LogP contribution in [-0.4, -0.2) is 18.9 Å². The number of amides is 2. The summed E-state index contributed by atoms with van der Waals surface area (Å²) in [6.45, 7) is 0. The van der Waals surface area contributed by atoms with Crippen molar-refractivity contribution in [1.82, 2.24) is 0 Å². The van der Waals surface area contributed by atoms with Gasteiger partial charge in [0.25, 0.3) is 11.8 Å². The van der Waals surface area contributed by atoms with Gasteiger partial charge in [0.15, 0.2) is 0 Å². The highest BCUT2D eigenvalue weighted by atomic mass is 35.5. The highest BCUT2D eigenvalue weighted by Crippen LogP contribution is 2.35. The molecule has 0 fully saturated rings. The average molecular weight is 421 g/mol. The van der Waals surface area contributed by atoms with Crippen molar-refractivity contribution in [2.24, 2.45) is 0 Å². The molecule has 3 rings (SSSR count). The Kier molecular flexibility index (Phi) is 6.01. The molecule has 0 unspecified atom stereocenters. The number of nitrogens with one attached hydrogen (secondary N) is 2. The monoisotopic (exact) mass is 420 g/mol. The Bertz CT molecular complexity index is 973. The van der Waals surface area contributed by atoms with E-state index in [-0.39, 0.29) is 16.8 Å². The summed E-state index contributed by atoms with van der Waals surface area (Å²) in [5.41, 5.74) is 1.21. The first-order chi connectivity index (χ1) is 13.0. The molecule has 8 heteroatoms. The van der Waals surface area contributed by atoms with Crippen LogP contribution in [0.1, 0.15) is 20.0 Å². The zero-order valence-corrected chi connectivity index (χ0v) is 16.4. The molecule has 2 aromatic carbocycles. The topological polar surface area (TPSA) is 67.4 Å². The van der Waals surface area contributed by atoms with E-state index in [1.165, 1.54) is 24.5 Å². The van der Waals surface area contributed by atoms with E-state index in [1.807, 2.05) is 5.38 Å². The van der Waals surface area contributed by atoms with Crippen molar-refractivity contribution in [1.29, 1.82) is 0 Å². The number of methoxy groups -OCH3 is 1. The van der Waals surface area contributed by atoms with E-state index in [9.17, 15) is 9.59 Å². The lowest BCUT2D eigenvalue weighted by atomic mass is 10.2. The van der Waals surface area contributed by atoms with E-state index in [2.05, 4.69) is 10.6 Å². The van der Waals surface area contributed by atoms with E-state index < -0.39 is 0 Å². The molecule has 0 radical (unpaired) electrons. The van der Waals surface area contributed by atoms with Crippen molar-refractivity contribution >= 4 is 57.7 Å². The van der Waals surface area contributed by atoms with E-state index in [4.69, 9.17) is 27.9 Å².